The summed E-state index contributed by atoms with van der Waals surface area (Å²) in [6.45, 7) is 4.62. The summed E-state index contributed by atoms with van der Waals surface area (Å²) in [7, 11) is 0. The molecule has 0 fully saturated rings. The monoisotopic (exact) mass is 466 g/mol. The van der Waals surface area contributed by atoms with Gasteiger partial charge in [0.1, 0.15) is 0 Å². The summed E-state index contributed by atoms with van der Waals surface area (Å²) < 4.78 is 5.74. The maximum Gasteiger partial charge on any atom is 0.322 e. The van der Waals surface area contributed by atoms with Crippen LogP contribution in [0.1, 0.15) is 37.8 Å². The van der Waals surface area contributed by atoms with Crippen LogP contribution in [0, 0.1) is 0 Å². The van der Waals surface area contributed by atoms with Gasteiger partial charge in [-0.2, -0.15) is 4.98 Å². The lowest BCUT2D eigenvalue weighted by molar-refractivity contribution is 0.205. The molecule has 0 bridgehead atoms. The second-order valence-electron chi connectivity index (χ2n) is 7.46. The lowest BCUT2D eigenvalue weighted by Crippen LogP contribution is -2.46. The Morgan fingerprint density at radius 3 is 2.25 bits per heavy atom. The van der Waals surface area contributed by atoms with Gasteiger partial charge in [-0.05, 0) is 67.8 Å². The normalized spacial score (nSPS) is 16.4. The van der Waals surface area contributed by atoms with Crippen molar-refractivity contribution < 1.29 is 9.32 Å². The van der Waals surface area contributed by atoms with Gasteiger partial charge in [-0.25, -0.2) is 4.79 Å². The van der Waals surface area contributed by atoms with Crippen LogP contribution < -0.4 is 5.32 Å². The molecule has 6 nitrogen and oxygen atoms in total. The van der Waals surface area contributed by atoms with Gasteiger partial charge >= 0.3 is 6.03 Å². The average molecular weight is 467 g/mol. The van der Waals surface area contributed by atoms with Crippen molar-refractivity contribution in [2.24, 2.45) is 0 Å². The van der Waals surface area contributed by atoms with Crippen LogP contribution in [0.15, 0.2) is 68.5 Å². The number of nitrogens with one attached hydrogen (secondary N) is 1. The van der Waals surface area contributed by atoms with Gasteiger partial charge in [-0.15, -0.1) is 23.5 Å². The van der Waals surface area contributed by atoms with Gasteiger partial charge in [0.05, 0.1) is 11.6 Å². The van der Waals surface area contributed by atoms with E-state index in [1.165, 1.54) is 9.79 Å². The SMILES string of the molecule is CCCN1C(=O)NC(c2ccc(SC)cc2)C(c2nc(-c3ccc(SC)cc3)no2)=C1C. The van der Waals surface area contributed by atoms with Crippen LogP contribution in [0.2, 0.25) is 0 Å². The Morgan fingerprint density at radius 2 is 1.66 bits per heavy atom. The van der Waals surface area contributed by atoms with Crippen LogP contribution in [-0.2, 0) is 0 Å². The molecular formula is C24H26N4O2S2. The quantitative estimate of drug-likeness (QED) is 0.425. The second-order valence-corrected chi connectivity index (χ2v) is 9.22. The third kappa shape index (κ3) is 4.42. The lowest BCUT2D eigenvalue weighted by Gasteiger charge is -2.35. The zero-order valence-electron chi connectivity index (χ0n) is 18.6. The van der Waals surface area contributed by atoms with Crippen molar-refractivity contribution in [2.45, 2.75) is 36.1 Å². The van der Waals surface area contributed by atoms with E-state index < -0.39 is 0 Å². The van der Waals surface area contributed by atoms with Crippen molar-refractivity contribution >= 4 is 35.1 Å². The number of hydrogen-bond acceptors (Lipinski definition) is 6. The van der Waals surface area contributed by atoms with Crippen molar-refractivity contribution in [3.8, 4) is 11.4 Å². The molecule has 1 aliphatic rings. The van der Waals surface area contributed by atoms with Gasteiger partial charge in [0.25, 0.3) is 5.89 Å². The van der Waals surface area contributed by atoms with E-state index in [-0.39, 0.29) is 12.1 Å². The first-order valence-corrected chi connectivity index (χ1v) is 12.9. The van der Waals surface area contributed by atoms with Crippen molar-refractivity contribution in [2.75, 3.05) is 19.1 Å². The van der Waals surface area contributed by atoms with Crippen molar-refractivity contribution in [1.29, 1.82) is 0 Å². The van der Waals surface area contributed by atoms with E-state index in [2.05, 4.69) is 29.5 Å². The van der Waals surface area contributed by atoms with Crippen LogP contribution in [0.3, 0.4) is 0 Å². The molecule has 4 rings (SSSR count). The average Bonchev–Trinajstić information content (AvgIpc) is 3.31. The number of nitrogens with zero attached hydrogens (tertiary/aromatic N) is 3. The number of carbonyl (C=O) groups excluding carboxylic acids is 1. The van der Waals surface area contributed by atoms with Crippen LogP contribution in [-0.4, -0.2) is 40.1 Å². The maximum absolute atomic E-state index is 12.9. The molecule has 0 aliphatic carbocycles. The molecule has 0 radical (unpaired) electrons. The highest BCUT2D eigenvalue weighted by molar-refractivity contribution is 7.98. The second kappa shape index (κ2) is 9.83. The number of urea groups is 1. The molecule has 2 heterocycles. The highest BCUT2D eigenvalue weighted by atomic mass is 32.2. The van der Waals surface area contributed by atoms with Gasteiger partial charge in [-0.3, -0.25) is 4.90 Å². The highest BCUT2D eigenvalue weighted by Gasteiger charge is 2.35. The van der Waals surface area contributed by atoms with Crippen LogP contribution in [0.4, 0.5) is 4.79 Å². The maximum atomic E-state index is 12.9. The van der Waals surface area contributed by atoms with E-state index in [1.54, 1.807) is 28.4 Å². The topological polar surface area (TPSA) is 71.3 Å². The lowest BCUT2D eigenvalue weighted by atomic mass is 9.94. The number of hydrogen-bond donors (Lipinski definition) is 1. The predicted molar refractivity (Wildman–Crippen MR) is 131 cm³/mol. The Labute approximate surface area is 196 Å². The summed E-state index contributed by atoms with van der Waals surface area (Å²) in [5, 5.41) is 7.38. The van der Waals surface area contributed by atoms with Crippen molar-refractivity contribution in [3.05, 3.63) is 65.7 Å². The number of aromatic nitrogens is 2. The molecule has 166 valence electrons. The number of amides is 2. The third-order valence-electron chi connectivity index (χ3n) is 5.50. The van der Waals surface area contributed by atoms with E-state index in [9.17, 15) is 4.79 Å². The Hall–Kier alpha value is -2.71. The number of carbonyl (C=O) groups is 1. The molecule has 2 aromatic carbocycles. The summed E-state index contributed by atoms with van der Waals surface area (Å²) in [6.07, 6.45) is 4.94. The molecule has 0 saturated heterocycles. The molecule has 1 aliphatic heterocycles. The smallest absolute Gasteiger partial charge is 0.322 e. The number of allylic oxidation sites excluding steroid dienone is 1. The van der Waals surface area contributed by atoms with E-state index in [4.69, 9.17) is 9.51 Å². The first-order valence-electron chi connectivity index (χ1n) is 10.5. The molecular weight excluding hydrogens is 440 g/mol. The molecule has 8 heteroatoms. The molecule has 3 aromatic rings. The molecule has 1 unspecified atom stereocenters. The van der Waals surface area contributed by atoms with E-state index >= 15 is 0 Å². The van der Waals surface area contributed by atoms with Crippen LogP contribution in [0.25, 0.3) is 17.0 Å². The Bertz CT molecular complexity index is 1120. The summed E-state index contributed by atoms with van der Waals surface area (Å²) in [6, 6.07) is 15.8. The zero-order valence-corrected chi connectivity index (χ0v) is 20.2. The Balaban J connectivity index is 1.77. The van der Waals surface area contributed by atoms with Gasteiger partial charge in [0.15, 0.2) is 0 Å². The molecule has 1 N–H and O–H groups in total. The fraction of sp³-hybridized carbons (Fsp3) is 0.292. The predicted octanol–water partition coefficient (Wildman–Crippen LogP) is 6.09. The minimum absolute atomic E-state index is 0.112. The van der Waals surface area contributed by atoms with Crippen LogP contribution >= 0.6 is 23.5 Å². The largest absolute Gasteiger partial charge is 0.334 e. The minimum atomic E-state index is -0.362. The fourth-order valence-electron chi connectivity index (χ4n) is 3.79. The molecule has 0 saturated carbocycles. The molecule has 1 aromatic heterocycles. The summed E-state index contributed by atoms with van der Waals surface area (Å²) in [5.41, 5.74) is 3.53. The van der Waals surface area contributed by atoms with Crippen LogP contribution in [0.5, 0.6) is 0 Å². The molecule has 1 atom stereocenters. The van der Waals surface area contributed by atoms with E-state index in [1.807, 2.05) is 55.8 Å². The van der Waals surface area contributed by atoms with Gasteiger partial charge in [-0.1, -0.05) is 24.2 Å². The summed E-state index contributed by atoms with van der Waals surface area (Å²) in [4.78, 5) is 21.7. The zero-order chi connectivity index (χ0) is 22.7. The third-order valence-corrected chi connectivity index (χ3v) is 6.98. The van der Waals surface area contributed by atoms with E-state index in [0.29, 0.717) is 18.3 Å². The highest BCUT2D eigenvalue weighted by Crippen LogP contribution is 2.37. The number of rotatable bonds is 7. The van der Waals surface area contributed by atoms with Gasteiger partial charge in [0, 0.05) is 27.6 Å². The standard InChI is InChI=1S/C24H26N4O2S2/c1-5-14-28-15(2)20(21(25-24(28)29)16-6-10-18(31-3)11-7-16)23-26-22(27-30-23)17-8-12-19(32-4)13-9-17/h6-13,21H,5,14H2,1-4H3,(H,25,29). The van der Waals surface area contributed by atoms with Gasteiger partial charge in [0.2, 0.25) is 5.82 Å². The fourth-order valence-corrected chi connectivity index (χ4v) is 4.60. The van der Waals surface area contributed by atoms with Crippen molar-refractivity contribution in [3.63, 3.8) is 0 Å². The first kappa shape index (κ1) is 22.5. The van der Waals surface area contributed by atoms with Crippen molar-refractivity contribution in [1.82, 2.24) is 20.4 Å². The first-order chi connectivity index (χ1) is 15.5. The molecule has 0 spiro atoms. The molecule has 2 amide bonds. The summed E-state index contributed by atoms with van der Waals surface area (Å²) in [5.74, 6) is 0.954. The molecule has 32 heavy (non-hydrogen) atoms. The summed E-state index contributed by atoms with van der Waals surface area (Å²) >= 11 is 3.37. The number of thioether (sulfide) groups is 2. The Morgan fingerprint density at radius 1 is 1.03 bits per heavy atom. The van der Waals surface area contributed by atoms with Gasteiger partial charge < -0.3 is 9.84 Å². The number of benzene rings is 2. The minimum Gasteiger partial charge on any atom is -0.334 e. The van der Waals surface area contributed by atoms with E-state index in [0.717, 1.165) is 28.8 Å². The Kier molecular flexibility index (Phi) is 6.91.